The number of ether oxygens (including phenoxy) is 1. The summed E-state index contributed by atoms with van der Waals surface area (Å²) < 4.78 is 5.80. The summed E-state index contributed by atoms with van der Waals surface area (Å²) in [6.45, 7) is 0. The van der Waals surface area contributed by atoms with Crippen LogP contribution in [0.15, 0.2) is 54.6 Å². The van der Waals surface area contributed by atoms with Crippen LogP contribution < -0.4 is 15.4 Å². The first-order valence-corrected chi connectivity index (χ1v) is 9.07. The van der Waals surface area contributed by atoms with Crippen LogP contribution in [-0.2, 0) is 0 Å². The van der Waals surface area contributed by atoms with Gasteiger partial charge in [0, 0.05) is 11.7 Å². The third-order valence-electron chi connectivity index (χ3n) is 5.15. The van der Waals surface area contributed by atoms with Crippen molar-refractivity contribution in [3.8, 4) is 11.5 Å². The van der Waals surface area contributed by atoms with Gasteiger partial charge >= 0.3 is 0 Å². The van der Waals surface area contributed by atoms with Crippen molar-refractivity contribution in [1.29, 1.82) is 0 Å². The lowest BCUT2D eigenvalue weighted by atomic mass is 9.96. The second-order valence-corrected chi connectivity index (χ2v) is 7.23. The van der Waals surface area contributed by atoms with Gasteiger partial charge < -0.3 is 15.4 Å². The predicted molar refractivity (Wildman–Crippen MR) is 102 cm³/mol. The first-order chi connectivity index (χ1) is 11.8. The third-order valence-corrected chi connectivity index (χ3v) is 5.37. The molecule has 2 aromatic carbocycles. The maximum Gasteiger partial charge on any atom is 0.171 e. The van der Waals surface area contributed by atoms with Crippen LogP contribution in [0.2, 0.25) is 0 Å². The highest BCUT2D eigenvalue weighted by atomic mass is 32.1. The summed E-state index contributed by atoms with van der Waals surface area (Å²) in [5.74, 6) is 3.39. The Morgan fingerprint density at radius 1 is 0.917 bits per heavy atom. The molecule has 0 heterocycles. The van der Waals surface area contributed by atoms with Gasteiger partial charge in [-0.05, 0) is 79.7 Å². The zero-order chi connectivity index (χ0) is 16.4. The molecule has 2 fully saturated rings. The Labute approximate surface area is 148 Å². The van der Waals surface area contributed by atoms with E-state index < -0.39 is 0 Å². The van der Waals surface area contributed by atoms with E-state index in [1.54, 1.807) is 0 Å². The molecule has 2 saturated carbocycles. The summed E-state index contributed by atoms with van der Waals surface area (Å²) in [7, 11) is 0. The molecule has 2 bridgehead atoms. The number of nitrogens with one attached hydrogen (secondary N) is 2. The summed E-state index contributed by atoms with van der Waals surface area (Å²) in [6, 6.07) is 18.2. The number of hydrogen-bond acceptors (Lipinski definition) is 2. The highest BCUT2D eigenvalue weighted by molar-refractivity contribution is 7.80. The average Bonchev–Trinajstić information content (AvgIpc) is 3.20. The molecule has 0 spiro atoms. The van der Waals surface area contributed by atoms with Gasteiger partial charge in [0.15, 0.2) is 5.11 Å². The fraction of sp³-hybridized carbons (Fsp3) is 0.350. The van der Waals surface area contributed by atoms with Gasteiger partial charge in [0.1, 0.15) is 11.5 Å². The second kappa shape index (κ2) is 6.81. The molecular formula is C20H22N2OS. The lowest BCUT2D eigenvalue weighted by Gasteiger charge is -2.24. The van der Waals surface area contributed by atoms with Crippen LogP contribution in [0.3, 0.4) is 0 Å². The van der Waals surface area contributed by atoms with Crippen LogP contribution in [0.25, 0.3) is 0 Å². The molecule has 2 aromatic rings. The third kappa shape index (κ3) is 3.54. The van der Waals surface area contributed by atoms with Crippen molar-refractivity contribution in [2.45, 2.75) is 31.7 Å². The Balaban J connectivity index is 1.31. The smallest absolute Gasteiger partial charge is 0.171 e. The number of thiocarbonyl (C=S) groups is 1. The first-order valence-electron chi connectivity index (χ1n) is 8.67. The van der Waals surface area contributed by atoms with Gasteiger partial charge in [-0.25, -0.2) is 0 Å². The summed E-state index contributed by atoms with van der Waals surface area (Å²) >= 11 is 5.47. The maximum absolute atomic E-state index is 5.80. The molecule has 4 rings (SSSR count). The monoisotopic (exact) mass is 338 g/mol. The highest BCUT2D eigenvalue weighted by Gasteiger charge is 2.39. The largest absolute Gasteiger partial charge is 0.457 e. The van der Waals surface area contributed by atoms with E-state index in [-0.39, 0.29) is 0 Å². The zero-order valence-corrected chi connectivity index (χ0v) is 14.4. The minimum Gasteiger partial charge on any atom is -0.457 e. The van der Waals surface area contributed by atoms with Gasteiger partial charge in [0.05, 0.1) is 0 Å². The number of hydrogen-bond donors (Lipinski definition) is 2. The molecule has 24 heavy (non-hydrogen) atoms. The van der Waals surface area contributed by atoms with Crippen LogP contribution in [-0.4, -0.2) is 11.2 Å². The van der Waals surface area contributed by atoms with Gasteiger partial charge in [-0.2, -0.15) is 0 Å². The molecule has 2 aliphatic rings. The molecule has 4 heteroatoms. The molecule has 2 N–H and O–H groups in total. The van der Waals surface area contributed by atoms with Crippen molar-refractivity contribution < 1.29 is 4.74 Å². The number of fused-ring (bicyclic) bond motifs is 2. The molecule has 3 nitrogen and oxygen atoms in total. The lowest BCUT2D eigenvalue weighted by molar-refractivity contribution is 0.392. The van der Waals surface area contributed by atoms with Gasteiger partial charge in [0.25, 0.3) is 0 Å². The van der Waals surface area contributed by atoms with Crippen molar-refractivity contribution in [3.63, 3.8) is 0 Å². The SMILES string of the molecule is S=C(Nc1ccc(Oc2ccccc2)cc1)N[C@@H]1C[C@@H]2CC[C@@H]1C2. The van der Waals surface area contributed by atoms with Gasteiger partial charge in [-0.15, -0.1) is 0 Å². The van der Waals surface area contributed by atoms with E-state index in [1.165, 1.54) is 25.7 Å². The Morgan fingerprint density at radius 2 is 1.67 bits per heavy atom. The summed E-state index contributed by atoms with van der Waals surface area (Å²) in [5, 5.41) is 7.51. The maximum atomic E-state index is 5.80. The Kier molecular flexibility index (Phi) is 4.39. The summed E-state index contributed by atoms with van der Waals surface area (Å²) in [6.07, 6.45) is 5.42. The van der Waals surface area contributed by atoms with Gasteiger partial charge in [0.2, 0.25) is 0 Å². The van der Waals surface area contributed by atoms with Crippen molar-refractivity contribution in [3.05, 3.63) is 54.6 Å². The average molecular weight is 338 g/mol. The fourth-order valence-electron chi connectivity index (χ4n) is 3.99. The van der Waals surface area contributed by atoms with E-state index in [9.17, 15) is 0 Å². The quantitative estimate of drug-likeness (QED) is 0.773. The van der Waals surface area contributed by atoms with E-state index in [4.69, 9.17) is 17.0 Å². The van der Waals surface area contributed by atoms with Crippen LogP contribution >= 0.6 is 12.2 Å². The van der Waals surface area contributed by atoms with Crippen LogP contribution in [0.4, 0.5) is 5.69 Å². The topological polar surface area (TPSA) is 33.3 Å². The van der Waals surface area contributed by atoms with Crippen LogP contribution in [0.1, 0.15) is 25.7 Å². The Hall–Kier alpha value is -2.07. The number of benzene rings is 2. The zero-order valence-electron chi connectivity index (χ0n) is 13.6. The van der Waals surface area contributed by atoms with E-state index in [2.05, 4.69) is 10.6 Å². The Morgan fingerprint density at radius 3 is 2.33 bits per heavy atom. The van der Waals surface area contributed by atoms with Crippen molar-refractivity contribution in [2.24, 2.45) is 11.8 Å². The summed E-state index contributed by atoms with van der Waals surface area (Å²) in [5.41, 5.74) is 0.982. The molecule has 0 aromatic heterocycles. The van der Waals surface area contributed by atoms with E-state index >= 15 is 0 Å². The standard InChI is InChI=1S/C20H22N2OS/c24-20(22-19-13-14-6-7-15(19)12-14)21-16-8-10-18(11-9-16)23-17-4-2-1-3-5-17/h1-5,8-11,14-15,19H,6-7,12-13H2,(H2,21,22,24)/t14-,15-,19-/m1/s1. The first kappa shape index (κ1) is 15.5. The molecular weight excluding hydrogens is 316 g/mol. The van der Waals surface area contributed by atoms with Crippen molar-refractivity contribution in [1.82, 2.24) is 5.32 Å². The van der Waals surface area contributed by atoms with E-state index in [0.29, 0.717) is 6.04 Å². The molecule has 3 atom stereocenters. The Bertz CT molecular complexity index is 701. The summed E-state index contributed by atoms with van der Waals surface area (Å²) in [4.78, 5) is 0. The predicted octanol–water partition coefficient (Wildman–Crippen LogP) is 4.95. The fourth-order valence-corrected chi connectivity index (χ4v) is 4.26. The molecule has 0 aliphatic heterocycles. The number of anilines is 1. The minimum absolute atomic E-state index is 0.560. The van der Waals surface area contributed by atoms with Crippen molar-refractivity contribution in [2.75, 3.05) is 5.32 Å². The van der Waals surface area contributed by atoms with Gasteiger partial charge in [-0.3, -0.25) is 0 Å². The highest BCUT2D eigenvalue weighted by Crippen LogP contribution is 2.44. The number of rotatable bonds is 4. The normalized spacial score (nSPS) is 24.6. The van der Waals surface area contributed by atoms with Gasteiger partial charge in [-0.1, -0.05) is 24.6 Å². The minimum atomic E-state index is 0.560. The van der Waals surface area contributed by atoms with Crippen molar-refractivity contribution >= 4 is 23.0 Å². The molecule has 0 amide bonds. The van der Waals surface area contributed by atoms with Crippen LogP contribution in [0.5, 0.6) is 11.5 Å². The molecule has 2 aliphatic carbocycles. The van der Waals surface area contributed by atoms with E-state index in [1.807, 2.05) is 54.6 Å². The number of para-hydroxylation sites is 1. The molecule has 0 saturated heterocycles. The van der Waals surface area contributed by atoms with E-state index in [0.717, 1.165) is 34.1 Å². The second-order valence-electron chi connectivity index (χ2n) is 6.82. The molecule has 0 radical (unpaired) electrons. The van der Waals surface area contributed by atoms with Crippen LogP contribution in [0, 0.1) is 11.8 Å². The molecule has 124 valence electrons. The lowest BCUT2D eigenvalue weighted by Crippen LogP contribution is -2.40. The molecule has 0 unspecified atom stereocenters.